The molecule has 1 saturated heterocycles. The molecular formula is C17H27N9O2. The average molecular weight is 389 g/mol. The first-order valence-corrected chi connectivity index (χ1v) is 9.65. The van der Waals surface area contributed by atoms with E-state index >= 15 is 0 Å². The van der Waals surface area contributed by atoms with Gasteiger partial charge in [0.2, 0.25) is 5.95 Å². The molecule has 2 aromatic heterocycles. The van der Waals surface area contributed by atoms with Crippen LogP contribution in [0.3, 0.4) is 0 Å². The van der Waals surface area contributed by atoms with Crippen molar-refractivity contribution in [2.45, 2.75) is 56.5 Å². The predicted molar refractivity (Wildman–Crippen MR) is 105 cm³/mol. The summed E-state index contributed by atoms with van der Waals surface area (Å²) in [5.41, 5.74) is 22.0. The zero-order chi connectivity index (χ0) is 19.7. The van der Waals surface area contributed by atoms with Crippen molar-refractivity contribution in [2.24, 2.45) is 22.5 Å². The lowest BCUT2D eigenvalue weighted by Gasteiger charge is -2.18. The van der Waals surface area contributed by atoms with E-state index in [9.17, 15) is 5.11 Å². The zero-order valence-electron chi connectivity index (χ0n) is 15.6. The molecule has 4 atom stereocenters. The highest BCUT2D eigenvalue weighted by atomic mass is 16.5. The second-order valence-electron chi connectivity index (χ2n) is 7.45. The maximum absolute atomic E-state index is 9.42. The molecule has 0 aromatic carbocycles. The number of nitrogens with one attached hydrogen (secondary N) is 1. The summed E-state index contributed by atoms with van der Waals surface area (Å²) in [5, 5.41) is 13.7. The Bertz CT molecular complexity index is 849. The monoisotopic (exact) mass is 389 g/mol. The SMILES string of the molecule is Nc1nc(N/N=C/C2CCCCC2)nc2c1ncn2[C@@H]1O[C@H](CO)C(N)C1N. The first kappa shape index (κ1) is 19.0. The van der Waals surface area contributed by atoms with Gasteiger partial charge in [0, 0.05) is 6.21 Å². The van der Waals surface area contributed by atoms with Gasteiger partial charge >= 0.3 is 0 Å². The van der Waals surface area contributed by atoms with E-state index in [1.807, 2.05) is 6.21 Å². The van der Waals surface area contributed by atoms with Crippen molar-refractivity contribution < 1.29 is 9.84 Å². The van der Waals surface area contributed by atoms with Crippen molar-refractivity contribution in [2.75, 3.05) is 17.8 Å². The summed E-state index contributed by atoms with van der Waals surface area (Å²) >= 11 is 0. The molecule has 0 spiro atoms. The van der Waals surface area contributed by atoms with E-state index in [4.69, 9.17) is 21.9 Å². The second-order valence-corrected chi connectivity index (χ2v) is 7.45. The van der Waals surface area contributed by atoms with Crippen LogP contribution in [0.5, 0.6) is 0 Å². The van der Waals surface area contributed by atoms with Crippen LogP contribution in [0.2, 0.25) is 0 Å². The lowest BCUT2D eigenvalue weighted by molar-refractivity contribution is -0.0261. The summed E-state index contributed by atoms with van der Waals surface area (Å²) < 4.78 is 7.47. The average Bonchev–Trinajstić information content (AvgIpc) is 3.24. The Morgan fingerprint density at radius 1 is 1.25 bits per heavy atom. The van der Waals surface area contributed by atoms with Gasteiger partial charge in [-0.15, -0.1) is 0 Å². The van der Waals surface area contributed by atoms with Gasteiger partial charge in [-0.2, -0.15) is 15.1 Å². The van der Waals surface area contributed by atoms with Crippen LogP contribution in [0, 0.1) is 5.92 Å². The van der Waals surface area contributed by atoms with Crippen LogP contribution in [0.1, 0.15) is 38.3 Å². The smallest absolute Gasteiger partial charge is 0.247 e. The molecule has 2 aliphatic rings. The van der Waals surface area contributed by atoms with Gasteiger partial charge in [-0.1, -0.05) is 19.3 Å². The number of hydrazone groups is 1. The summed E-state index contributed by atoms with van der Waals surface area (Å²) in [6.07, 6.45) is 8.40. The third-order valence-corrected chi connectivity index (χ3v) is 5.52. The fraction of sp³-hybridized carbons (Fsp3) is 0.647. The highest BCUT2D eigenvalue weighted by molar-refractivity contribution is 5.83. The number of fused-ring (bicyclic) bond motifs is 1. The largest absolute Gasteiger partial charge is 0.394 e. The third-order valence-electron chi connectivity index (χ3n) is 5.52. The summed E-state index contributed by atoms with van der Waals surface area (Å²) in [4.78, 5) is 13.0. The molecule has 8 N–H and O–H groups in total. The topological polar surface area (TPSA) is 176 Å². The maximum atomic E-state index is 9.42. The van der Waals surface area contributed by atoms with Gasteiger partial charge in [-0.25, -0.2) is 10.4 Å². The van der Waals surface area contributed by atoms with Crippen molar-refractivity contribution in [3.63, 3.8) is 0 Å². The number of imidazole rings is 1. The van der Waals surface area contributed by atoms with Crippen molar-refractivity contribution in [1.29, 1.82) is 0 Å². The molecule has 0 amide bonds. The molecule has 4 rings (SSSR count). The first-order chi connectivity index (χ1) is 13.6. The molecule has 2 unspecified atom stereocenters. The Kier molecular flexibility index (Phi) is 5.40. The van der Waals surface area contributed by atoms with E-state index in [1.54, 1.807) is 10.9 Å². The molecule has 11 heteroatoms. The quantitative estimate of drug-likeness (QED) is 0.346. The Morgan fingerprint density at radius 3 is 2.75 bits per heavy atom. The van der Waals surface area contributed by atoms with Crippen LogP contribution < -0.4 is 22.6 Å². The van der Waals surface area contributed by atoms with Gasteiger partial charge in [0.05, 0.1) is 31.1 Å². The van der Waals surface area contributed by atoms with Crippen molar-refractivity contribution >= 4 is 29.1 Å². The number of nitrogens with two attached hydrogens (primary N) is 3. The molecule has 1 aliphatic heterocycles. The Balaban J connectivity index is 1.57. The molecule has 1 aliphatic carbocycles. The minimum absolute atomic E-state index is 0.211. The molecule has 0 radical (unpaired) electrons. The highest BCUT2D eigenvalue weighted by Crippen LogP contribution is 2.30. The van der Waals surface area contributed by atoms with E-state index in [0.29, 0.717) is 17.1 Å². The number of anilines is 2. The van der Waals surface area contributed by atoms with Crippen LogP contribution in [0.15, 0.2) is 11.4 Å². The van der Waals surface area contributed by atoms with Gasteiger partial charge in [0.25, 0.3) is 0 Å². The lowest BCUT2D eigenvalue weighted by Crippen LogP contribution is -2.46. The lowest BCUT2D eigenvalue weighted by atomic mass is 9.90. The predicted octanol–water partition coefficient (Wildman–Crippen LogP) is -0.0692. The number of hydrogen-bond acceptors (Lipinski definition) is 10. The molecule has 28 heavy (non-hydrogen) atoms. The van der Waals surface area contributed by atoms with Gasteiger partial charge in [0.15, 0.2) is 17.7 Å². The van der Waals surface area contributed by atoms with Crippen molar-refractivity contribution in [1.82, 2.24) is 19.5 Å². The van der Waals surface area contributed by atoms with E-state index in [-0.39, 0.29) is 18.4 Å². The van der Waals surface area contributed by atoms with Crippen molar-refractivity contribution in [3.8, 4) is 0 Å². The van der Waals surface area contributed by atoms with Gasteiger partial charge in [-0.05, 0) is 18.8 Å². The number of nitrogen functional groups attached to an aromatic ring is 1. The Morgan fingerprint density at radius 2 is 2.04 bits per heavy atom. The fourth-order valence-electron chi connectivity index (χ4n) is 3.87. The molecular weight excluding hydrogens is 362 g/mol. The number of rotatable bonds is 5. The van der Waals surface area contributed by atoms with Gasteiger partial charge < -0.3 is 27.0 Å². The minimum atomic E-state index is -0.606. The fourth-order valence-corrected chi connectivity index (χ4v) is 3.87. The number of aliphatic hydroxyl groups is 1. The van der Waals surface area contributed by atoms with Gasteiger partial charge in [0.1, 0.15) is 5.52 Å². The highest BCUT2D eigenvalue weighted by Gasteiger charge is 2.41. The number of aliphatic hydroxyl groups excluding tert-OH is 1. The van der Waals surface area contributed by atoms with Crippen LogP contribution >= 0.6 is 0 Å². The minimum Gasteiger partial charge on any atom is -0.394 e. The Hall–Kier alpha value is -2.34. The molecule has 3 heterocycles. The molecule has 0 bridgehead atoms. The standard InChI is InChI=1S/C17H27N9O2/c18-11-10(7-27)28-16(12(11)19)26-8-21-13-14(20)23-17(24-15(13)26)25-22-6-9-4-2-1-3-5-9/h6,8-12,16,27H,1-5,7,18-19H2,(H3,20,23,24,25)/b22-6+/t10-,11?,12?,16-/m1/s1. The third kappa shape index (κ3) is 3.53. The number of nitrogens with zero attached hydrogens (tertiary/aromatic N) is 5. The number of ether oxygens (including phenoxy) is 1. The van der Waals surface area contributed by atoms with Crippen LogP contribution in [0.4, 0.5) is 11.8 Å². The van der Waals surface area contributed by atoms with E-state index < -0.39 is 24.4 Å². The van der Waals surface area contributed by atoms with E-state index in [2.05, 4.69) is 25.5 Å². The number of aromatic nitrogens is 4. The summed E-state index contributed by atoms with van der Waals surface area (Å²) in [5.74, 6) is 0.983. The molecule has 152 valence electrons. The molecule has 11 nitrogen and oxygen atoms in total. The summed E-state index contributed by atoms with van der Waals surface area (Å²) in [6, 6.07) is -1.02. The zero-order valence-corrected chi connectivity index (χ0v) is 15.6. The van der Waals surface area contributed by atoms with E-state index in [1.165, 1.54) is 19.3 Å². The van der Waals surface area contributed by atoms with Gasteiger partial charge in [-0.3, -0.25) is 4.57 Å². The summed E-state index contributed by atoms with van der Waals surface area (Å²) in [6.45, 7) is -0.211. The molecule has 2 aromatic rings. The number of hydrogen-bond donors (Lipinski definition) is 5. The van der Waals surface area contributed by atoms with Crippen LogP contribution in [-0.4, -0.2) is 55.6 Å². The molecule has 2 fully saturated rings. The normalized spacial score (nSPS) is 29.1. The van der Waals surface area contributed by atoms with Crippen LogP contribution in [-0.2, 0) is 4.74 Å². The van der Waals surface area contributed by atoms with E-state index in [0.717, 1.165) is 12.8 Å². The summed E-state index contributed by atoms with van der Waals surface area (Å²) in [7, 11) is 0. The second kappa shape index (κ2) is 7.95. The Labute approximate surface area is 162 Å². The first-order valence-electron chi connectivity index (χ1n) is 9.65. The molecule has 1 saturated carbocycles. The van der Waals surface area contributed by atoms with Crippen LogP contribution in [0.25, 0.3) is 11.2 Å². The maximum Gasteiger partial charge on any atom is 0.247 e. The van der Waals surface area contributed by atoms with Crippen molar-refractivity contribution in [3.05, 3.63) is 6.33 Å².